The average Bonchev–Trinajstić information content (AvgIpc) is 2.39. The summed E-state index contributed by atoms with van der Waals surface area (Å²) >= 11 is 0. The third-order valence-electron chi connectivity index (χ3n) is 3.11. The molecule has 0 nitrogen and oxygen atoms in total. The summed E-state index contributed by atoms with van der Waals surface area (Å²) < 4.78 is 25.7. The van der Waals surface area contributed by atoms with E-state index in [0.717, 1.165) is 16.7 Å². The lowest BCUT2D eigenvalue weighted by molar-refractivity contribution is 0.626. The van der Waals surface area contributed by atoms with Crippen molar-refractivity contribution in [1.29, 1.82) is 0 Å². The van der Waals surface area contributed by atoms with Gasteiger partial charge in [0.1, 0.15) is 11.6 Å². The Balaban J connectivity index is 2.23. The number of rotatable bonds is 3. The Hall–Kier alpha value is -1.96. The van der Waals surface area contributed by atoms with Gasteiger partial charge in [-0.1, -0.05) is 37.8 Å². The van der Waals surface area contributed by atoms with Crippen molar-refractivity contribution in [2.45, 2.75) is 12.8 Å². The fraction of sp³-hybridized carbons (Fsp3) is 0.125. The smallest absolute Gasteiger partial charge is 0.123 e. The highest BCUT2D eigenvalue weighted by Crippen LogP contribution is 2.30. The topological polar surface area (TPSA) is 0 Å². The molecule has 0 radical (unpaired) electrons. The second kappa shape index (κ2) is 5.13. The number of allylic oxidation sites excluding steroid dienone is 1. The normalized spacial score (nSPS) is 12.2. The predicted molar refractivity (Wildman–Crippen MR) is 70.2 cm³/mol. The molecule has 1 atom stereocenters. The van der Waals surface area contributed by atoms with Crippen molar-refractivity contribution in [3.05, 3.63) is 77.9 Å². The van der Waals surface area contributed by atoms with Crippen LogP contribution in [0.2, 0.25) is 0 Å². The van der Waals surface area contributed by atoms with Crippen molar-refractivity contribution in [3.8, 4) is 0 Å². The van der Waals surface area contributed by atoms with Gasteiger partial charge in [0, 0.05) is 5.92 Å². The molecule has 2 aromatic rings. The summed E-state index contributed by atoms with van der Waals surface area (Å²) in [6.45, 7) is 6.04. The quantitative estimate of drug-likeness (QED) is 0.728. The molecule has 0 N–H and O–H groups in total. The largest absolute Gasteiger partial charge is 0.207 e. The van der Waals surface area contributed by atoms with E-state index in [-0.39, 0.29) is 17.6 Å². The van der Waals surface area contributed by atoms with Crippen molar-refractivity contribution < 1.29 is 8.78 Å². The highest BCUT2D eigenvalue weighted by molar-refractivity contribution is 5.69. The zero-order valence-corrected chi connectivity index (χ0v) is 10.2. The first-order valence-corrected chi connectivity index (χ1v) is 5.78. The number of hydrogen-bond donors (Lipinski definition) is 0. The lowest BCUT2D eigenvalue weighted by Crippen LogP contribution is -1.97. The standard InChI is InChI=1S/C16H14F2/c1-11(13-3-7-15(17)8-4-13)12(2)14-5-9-16(18)10-6-14/h3-10,12H,1H2,2H3/t12-/m1/s1. The summed E-state index contributed by atoms with van der Waals surface area (Å²) in [6, 6.07) is 12.6. The zero-order chi connectivity index (χ0) is 13.1. The molecule has 0 heterocycles. The van der Waals surface area contributed by atoms with Gasteiger partial charge in [0.15, 0.2) is 0 Å². The molecule has 92 valence electrons. The highest BCUT2D eigenvalue weighted by Gasteiger charge is 2.11. The van der Waals surface area contributed by atoms with Crippen LogP contribution in [0.1, 0.15) is 24.0 Å². The molecule has 0 aliphatic carbocycles. The van der Waals surface area contributed by atoms with Gasteiger partial charge in [0.25, 0.3) is 0 Å². The molecule has 2 rings (SSSR count). The molecule has 2 aromatic carbocycles. The molecular formula is C16H14F2. The van der Waals surface area contributed by atoms with E-state index in [0.29, 0.717) is 0 Å². The molecular weight excluding hydrogens is 230 g/mol. The van der Waals surface area contributed by atoms with Crippen molar-refractivity contribution in [3.63, 3.8) is 0 Å². The Morgan fingerprint density at radius 1 is 0.889 bits per heavy atom. The van der Waals surface area contributed by atoms with Crippen LogP contribution in [0.5, 0.6) is 0 Å². The van der Waals surface area contributed by atoms with Crippen LogP contribution in [-0.4, -0.2) is 0 Å². The number of hydrogen-bond acceptors (Lipinski definition) is 0. The minimum Gasteiger partial charge on any atom is -0.207 e. The summed E-state index contributed by atoms with van der Waals surface area (Å²) in [6.07, 6.45) is 0. The number of benzene rings is 2. The Kier molecular flexibility index (Phi) is 3.56. The van der Waals surface area contributed by atoms with E-state index < -0.39 is 0 Å². The molecule has 0 aromatic heterocycles. The van der Waals surface area contributed by atoms with Crippen molar-refractivity contribution in [1.82, 2.24) is 0 Å². The number of halogens is 2. The molecule has 0 bridgehead atoms. The van der Waals surface area contributed by atoms with E-state index in [9.17, 15) is 8.78 Å². The fourth-order valence-corrected chi connectivity index (χ4v) is 1.87. The summed E-state index contributed by atoms with van der Waals surface area (Å²) in [4.78, 5) is 0. The van der Waals surface area contributed by atoms with Crippen LogP contribution in [-0.2, 0) is 0 Å². The Labute approximate surface area is 106 Å². The van der Waals surface area contributed by atoms with Crippen molar-refractivity contribution >= 4 is 5.57 Å². The van der Waals surface area contributed by atoms with E-state index in [1.165, 1.54) is 24.3 Å². The third-order valence-corrected chi connectivity index (χ3v) is 3.11. The van der Waals surface area contributed by atoms with Crippen LogP contribution in [0, 0.1) is 11.6 Å². The van der Waals surface area contributed by atoms with Crippen LogP contribution in [0.15, 0.2) is 55.1 Å². The first-order chi connectivity index (χ1) is 8.58. The fourth-order valence-electron chi connectivity index (χ4n) is 1.87. The maximum atomic E-state index is 12.9. The van der Waals surface area contributed by atoms with Gasteiger partial charge in [-0.3, -0.25) is 0 Å². The maximum absolute atomic E-state index is 12.9. The lowest BCUT2D eigenvalue weighted by atomic mass is 9.89. The van der Waals surface area contributed by atoms with Gasteiger partial charge < -0.3 is 0 Å². The second-order valence-electron chi connectivity index (χ2n) is 4.31. The van der Waals surface area contributed by atoms with Gasteiger partial charge in [-0.15, -0.1) is 0 Å². The third kappa shape index (κ3) is 2.65. The summed E-state index contributed by atoms with van der Waals surface area (Å²) in [5.74, 6) is -0.449. The first kappa shape index (κ1) is 12.5. The minimum atomic E-state index is -0.263. The van der Waals surface area contributed by atoms with Crippen LogP contribution in [0.25, 0.3) is 5.57 Å². The maximum Gasteiger partial charge on any atom is 0.123 e. The van der Waals surface area contributed by atoms with E-state index >= 15 is 0 Å². The Morgan fingerprint density at radius 2 is 1.33 bits per heavy atom. The van der Waals surface area contributed by atoms with Gasteiger partial charge in [0.05, 0.1) is 0 Å². The van der Waals surface area contributed by atoms with Gasteiger partial charge >= 0.3 is 0 Å². The van der Waals surface area contributed by atoms with E-state index in [2.05, 4.69) is 6.58 Å². The molecule has 0 fully saturated rings. The predicted octanol–water partition coefficient (Wildman–Crippen LogP) is 4.78. The average molecular weight is 244 g/mol. The minimum absolute atomic E-state index is 0.0658. The van der Waals surface area contributed by atoms with E-state index in [1.54, 1.807) is 24.3 Å². The van der Waals surface area contributed by atoms with Crippen LogP contribution < -0.4 is 0 Å². The molecule has 18 heavy (non-hydrogen) atoms. The Bertz CT molecular complexity index is 538. The van der Waals surface area contributed by atoms with Crippen molar-refractivity contribution in [2.75, 3.05) is 0 Å². The zero-order valence-electron chi connectivity index (χ0n) is 10.2. The van der Waals surface area contributed by atoms with E-state index in [1.807, 2.05) is 6.92 Å². The highest BCUT2D eigenvalue weighted by atomic mass is 19.1. The first-order valence-electron chi connectivity index (χ1n) is 5.78. The molecule has 0 unspecified atom stereocenters. The van der Waals surface area contributed by atoms with Gasteiger partial charge in [-0.05, 0) is 41.0 Å². The molecule has 0 aliphatic rings. The molecule has 0 saturated carbocycles. The van der Waals surface area contributed by atoms with Gasteiger partial charge in [-0.25, -0.2) is 8.78 Å². The summed E-state index contributed by atoms with van der Waals surface area (Å²) in [5, 5.41) is 0. The van der Waals surface area contributed by atoms with Crippen LogP contribution in [0.4, 0.5) is 8.78 Å². The molecule has 0 amide bonds. The SMILES string of the molecule is C=C(c1ccc(F)cc1)[C@@H](C)c1ccc(F)cc1. The molecule has 0 aliphatic heterocycles. The van der Waals surface area contributed by atoms with Crippen LogP contribution >= 0.6 is 0 Å². The molecule has 0 saturated heterocycles. The molecule has 0 spiro atoms. The van der Waals surface area contributed by atoms with Crippen LogP contribution in [0.3, 0.4) is 0 Å². The van der Waals surface area contributed by atoms with Crippen molar-refractivity contribution in [2.24, 2.45) is 0 Å². The Morgan fingerprint density at radius 3 is 1.83 bits per heavy atom. The second-order valence-corrected chi connectivity index (χ2v) is 4.31. The van der Waals surface area contributed by atoms with E-state index in [4.69, 9.17) is 0 Å². The lowest BCUT2D eigenvalue weighted by Gasteiger charge is -2.15. The van der Waals surface area contributed by atoms with Gasteiger partial charge in [-0.2, -0.15) is 0 Å². The molecule has 2 heteroatoms. The monoisotopic (exact) mass is 244 g/mol. The van der Waals surface area contributed by atoms with Gasteiger partial charge in [0.2, 0.25) is 0 Å². The summed E-state index contributed by atoms with van der Waals surface area (Å²) in [5.41, 5.74) is 2.78. The summed E-state index contributed by atoms with van der Waals surface area (Å²) in [7, 11) is 0.